The summed E-state index contributed by atoms with van der Waals surface area (Å²) in [6.45, 7) is 4.42. The summed E-state index contributed by atoms with van der Waals surface area (Å²) in [6, 6.07) is 9.76. The Kier molecular flexibility index (Phi) is 4.84. The SMILES string of the molecule is CC(=O)N1CCC(C(=O)N2CC[C@@H](Oc3ccccc3)C2)CC1. The second kappa shape index (κ2) is 7.02. The van der Waals surface area contributed by atoms with Gasteiger partial charge >= 0.3 is 0 Å². The van der Waals surface area contributed by atoms with Crippen molar-refractivity contribution in [2.45, 2.75) is 32.3 Å². The zero-order valence-electron chi connectivity index (χ0n) is 13.6. The molecule has 1 aromatic rings. The van der Waals surface area contributed by atoms with Crippen LogP contribution in [0, 0.1) is 5.92 Å². The topological polar surface area (TPSA) is 49.9 Å². The maximum absolute atomic E-state index is 12.6. The van der Waals surface area contributed by atoms with Crippen LogP contribution in [-0.2, 0) is 9.59 Å². The maximum Gasteiger partial charge on any atom is 0.225 e. The highest BCUT2D eigenvalue weighted by atomic mass is 16.5. The first-order valence-electron chi connectivity index (χ1n) is 8.39. The van der Waals surface area contributed by atoms with Crippen molar-refractivity contribution < 1.29 is 14.3 Å². The van der Waals surface area contributed by atoms with Crippen LogP contribution in [0.15, 0.2) is 30.3 Å². The zero-order chi connectivity index (χ0) is 16.2. The number of rotatable bonds is 3. The van der Waals surface area contributed by atoms with Gasteiger partial charge in [0.1, 0.15) is 11.9 Å². The van der Waals surface area contributed by atoms with Crippen molar-refractivity contribution in [3.63, 3.8) is 0 Å². The molecular weight excluding hydrogens is 292 g/mol. The highest BCUT2D eigenvalue weighted by molar-refractivity contribution is 5.80. The summed E-state index contributed by atoms with van der Waals surface area (Å²) in [6.07, 6.45) is 2.52. The first-order valence-corrected chi connectivity index (χ1v) is 8.39. The summed E-state index contributed by atoms with van der Waals surface area (Å²) in [4.78, 5) is 27.8. The maximum atomic E-state index is 12.6. The molecule has 23 heavy (non-hydrogen) atoms. The van der Waals surface area contributed by atoms with Gasteiger partial charge in [-0.15, -0.1) is 0 Å². The Morgan fingerprint density at radius 2 is 1.65 bits per heavy atom. The molecule has 2 saturated heterocycles. The molecule has 0 unspecified atom stereocenters. The number of benzene rings is 1. The van der Waals surface area contributed by atoms with Gasteiger partial charge in [0.05, 0.1) is 6.54 Å². The van der Waals surface area contributed by atoms with E-state index in [4.69, 9.17) is 4.74 Å². The van der Waals surface area contributed by atoms with Crippen LogP contribution in [0.25, 0.3) is 0 Å². The summed E-state index contributed by atoms with van der Waals surface area (Å²) in [5.41, 5.74) is 0. The molecule has 0 spiro atoms. The van der Waals surface area contributed by atoms with E-state index in [1.807, 2.05) is 40.1 Å². The van der Waals surface area contributed by atoms with Crippen molar-refractivity contribution in [1.29, 1.82) is 0 Å². The lowest BCUT2D eigenvalue weighted by atomic mass is 9.95. The normalized spacial score (nSPS) is 22.2. The van der Waals surface area contributed by atoms with E-state index in [0.29, 0.717) is 19.6 Å². The molecule has 2 aliphatic heterocycles. The summed E-state index contributed by atoms with van der Waals surface area (Å²) >= 11 is 0. The Bertz CT molecular complexity index is 553. The zero-order valence-corrected chi connectivity index (χ0v) is 13.6. The fourth-order valence-electron chi connectivity index (χ4n) is 3.42. The lowest BCUT2D eigenvalue weighted by Gasteiger charge is -2.32. The van der Waals surface area contributed by atoms with Gasteiger partial charge in [-0.1, -0.05) is 18.2 Å². The summed E-state index contributed by atoms with van der Waals surface area (Å²) in [7, 11) is 0. The highest BCUT2D eigenvalue weighted by Crippen LogP contribution is 2.24. The number of hydrogen-bond acceptors (Lipinski definition) is 3. The fraction of sp³-hybridized carbons (Fsp3) is 0.556. The molecule has 5 heteroatoms. The predicted molar refractivity (Wildman–Crippen MR) is 87.0 cm³/mol. The van der Waals surface area contributed by atoms with E-state index in [9.17, 15) is 9.59 Å². The van der Waals surface area contributed by atoms with Gasteiger partial charge in [-0.25, -0.2) is 0 Å². The van der Waals surface area contributed by atoms with Gasteiger partial charge < -0.3 is 14.5 Å². The minimum Gasteiger partial charge on any atom is -0.489 e. The average Bonchev–Trinajstić information content (AvgIpc) is 3.03. The molecule has 0 aliphatic carbocycles. The number of amides is 2. The number of carbonyl (C=O) groups is 2. The fourth-order valence-corrected chi connectivity index (χ4v) is 3.42. The molecule has 0 aromatic heterocycles. The minimum absolute atomic E-state index is 0.0566. The Hall–Kier alpha value is -2.04. The number of likely N-dealkylation sites (tertiary alicyclic amines) is 2. The van der Waals surface area contributed by atoms with E-state index < -0.39 is 0 Å². The van der Waals surface area contributed by atoms with Gasteiger partial charge in [0, 0.05) is 38.9 Å². The average molecular weight is 316 g/mol. The Morgan fingerprint density at radius 3 is 2.30 bits per heavy atom. The van der Waals surface area contributed by atoms with Crippen LogP contribution < -0.4 is 4.74 Å². The third-order valence-electron chi connectivity index (χ3n) is 4.79. The van der Waals surface area contributed by atoms with Crippen molar-refractivity contribution >= 4 is 11.8 Å². The van der Waals surface area contributed by atoms with Crippen LogP contribution in [0.5, 0.6) is 5.75 Å². The highest BCUT2D eigenvalue weighted by Gasteiger charge is 2.33. The van der Waals surface area contributed by atoms with Crippen LogP contribution in [0.3, 0.4) is 0 Å². The standard InChI is InChI=1S/C18H24N2O3/c1-14(21)19-10-7-15(8-11-19)18(22)20-12-9-17(13-20)23-16-5-3-2-4-6-16/h2-6,15,17H,7-13H2,1H3/t17-/m1/s1. The Balaban J connectivity index is 1.49. The quantitative estimate of drug-likeness (QED) is 0.856. The molecule has 1 aromatic carbocycles. The molecule has 0 saturated carbocycles. The van der Waals surface area contributed by atoms with Crippen molar-refractivity contribution in [2.24, 2.45) is 5.92 Å². The van der Waals surface area contributed by atoms with Crippen LogP contribution in [0.4, 0.5) is 0 Å². The third-order valence-corrected chi connectivity index (χ3v) is 4.79. The number of nitrogens with zero attached hydrogens (tertiary/aromatic N) is 2. The summed E-state index contributed by atoms with van der Waals surface area (Å²) in [5.74, 6) is 1.25. The van der Waals surface area contributed by atoms with Crippen molar-refractivity contribution in [3.8, 4) is 5.75 Å². The predicted octanol–water partition coefficient (Wildman–Crippen LogP) is 1.92. The lowest BCUT2D eigenvalue weighted by molar-refractivity contribution is -0.139. The van der Waals surface area contributed by atoms with Crippen LogP contribution in [0.1, 0.15) is 26.2 Å². The van der Waals surface area contributed by atoms with Crippen LogP contribution in [0.2, 0.25) is 0 Å². The smallest absolute Gasteiger partial charge is 0.225 e. The number of hydrogen-bond donors (Lipinski definition) is 0. The van der Waals surface area contributed by atoms with E-state index in [-0.39, 0.29) is 23.8 Å². The molecule has 3 rings (SSSR count). The summed E-state index contributed by atoms with van der Waals surface area (Å²) in [5, 5.41) is 0. The second-order valence-corrected chi connectivity index (χ2v) is 6.41. The van der Waals surface area contributed by atoms with Gasteiger partial charge in [-0.2, -0.15) is 0 Å². The molecule has 1 atom stereocenters. The first-order chi connectivity index (χ1) is 11.1. The monoisotopic (exact) mass is 316 g/mol. The van der Waals surface area contributed by atoms with Crippen LogP contribution in [-0.4, -0.2) is 53.9 Å². The van der Waals surface area contributed by atoms with Gasteiger partial charge in [-0.05, 0) is 25.0 Å². The van der Waals surface area contributed by atoms with E-state index >= 15 is 0 Å². The van der Waals surface area contributed by atoms with Crippen molar-refractivity contribution in [2.75, 3.05) is 26.2 Å². The van der Waals surface area contributed by atoms with Gasteiger partial charge in [-0.3, -0.25) is 9.59 Å². The first kappa shape index (κ1) is 15.8. The van der Waals surface area contributed by atoms with E-state index in [2.05, 4.69) is 0 Å². The number of piperidine rings is 1. The molecule has 2 heterocycles. The van der Waals surface area contributed by atoms with Gasteiger partial charge in [0.2, 0.25) is 11.8 Å². The molecule has 2 aliphatic rings. The van der Waals surface area contributed by atoms with E-state index in [1.54, 1.807) is 6.92 Å². The molecule has 0 N–H and O–H groups in total. The Morgan fingerprint density at radius 1 is 1.00 bits per heavy atom. The molecule has 124 valence electrons. The van der Waals surface area contributed by atoms with E-state index in [0.717, 1.165) is 31.6 Å². The summed E-state index contributed by atoms with van der Waals surface area (Å²) < 4.78 is 5.94. The lowest BCUT2D eigenvalue weighted by Crippen LogP contribution is -2.43. The van der Waals surface area contributed by atoms with Gasteiger partial charge in [0.25, 0.3) is 0 Å². The minimum atomic E-state index is 0.0566. The molecule has 5 nitrogen and oxygen atoms in total. The molecule has 2 fully saturated rings. The molecule has 0 radical (unpaired) electrons. The second-order valence-electron chi connectivity index (χ2n) is 6.41. The third kappa shape index (κ3) is 3.84. The van der Waals surface area contributed by atoms with Gasteiger partial charge in [0.15, 0.2) is 0 Å². The largest absolute Gasteiger partial charge is 0.489 e. The van der Waals surface area contributed by atoms with Crippen LogP contribution >= 0.6 is 0 Å². The molecule has 0 bridgehead atoms. The van der Waals surface area contributed by atoms with Crippen molar-refractivity contribution in [3.05, 3.63) is 30.3 Å². The molecule has 2 amide bonds. The molecular formula is C18H24N2O3. The number of para-hydroxylation sites is 1. The van der Waals surface area contributed by atoms with E-state index in [1.165, 1.54) is 0 Å². The number of ether oxygens (including phenoxy) is 1. The Labute approximate surface area is 137 Å². The number of carbonyl (C=O) groups excluding carboxylic acids is 2. The van der Waals surface area contributed by atoms with Crippen molar-refractivity contribution in [1.82, 2.24) is 9.80 Å².